The second-order valence-electron chi connectivity index (χ2n) is 5.79. The monoisotopic (exact) mass is 262 g/mol. The smallest absolute Gasteiger partial charge is 0.337 e. The molecule has 0 spiro atoms. The van der Waals surface area contributed by atoms with Crippen LogP contribution in [0.3, 0.4) is 0 Å². The molecule has 0 bridgehead atoms. The van der Waals surface area contributed by atoms with Crippen molar-refractivity contribution in [1.29, 1.82) is 0 Å². The Hall–Kier alpha value is -1.71. The molecule has 1 fully saturated rings. The van der Waals surface area contributed by atoms with Crippen LogP contribution in [-0.2, 0) is 0 Å². The van der Waals surface area contributed by atoms with Crippen molar-refractivity contribution in [1.82, 2.24) is 0 Å². The second kappa shape index (κ2) is 5.11. The molecule has 0 aromatic heterocycles. The van der Waals surface area contributed by atoms with Gasteiger partial charge < -0.3 is 15.7 Å². The Morgan fingerprint density at radius 1 is 1.37 bits per heavy atom. The van der Waals surface area contributed by atoms with Gasteiger partial charge in [0.1, 0.15) is 0 Å². The largest absolute Gasteiger partial charge is 0.478 e. The Bertz CT molecular complexity index is 487. The molecule has 0 radical (unpaired) electrons. The van der Waals surface area contributed by atoms with Crippen molar-refractivity contribution < 1.29 is 9.90 Å². The Labute approximate surface area is 114 Å². The number of aromatic carboxylic acids is 1. The third-order valence-corrected chi connectivity index (χ3v) is 4.19. The highest BCUT2D eigenvalue weighted by atomic mass is 16.4. The summed E-state index contributed by atoms with van der Waals surface area (Å²) in [6.45, 7) is 7.74. The van der Waals surface area contributed by atoms with Gasteiger partial charge in [0, 0.05) is 24.0 Å². The molecule has 1 saturated heterocycles. The fourth-order valence-corrected chi connectivity index (χ4v) is 2.98. The topological polar surface area (TPSA) is 66.6 Å². The number of benzene rings is 1. The molecule has 4 heteroatoms. The minimum Gasteiger partial charge on any atom is -0.478 e. The Balaban J connectivity index is 2.31. The number of carbonyl (C=O) groups is 1. The molecular formula is C15H22N2O2. The zero-order valence-corrected chi connectivity index (χ0v) is 11.8. The molecule has 1 aromatic carbocycles. The average molecular weight is 262 g/mol. The van der Waals surface area contributed by atoms with Gasteiger partial charge in [-0.3, -0.25) is 0 Å². The highest BCUT2D eigenvalue weighted by molar-refractivity contribution is 5.94. The first-order chi connectivity index (χ1) is 8.90. The maximum absolute atomic E-state index is 11.0. The lowest BCUT2D eigenvalue weighted by molar-refractivity contribution is 0.0698. The molecule has 0 aliphatic carbocycles. The molecule has 1 aromatic rings. The molecular weight excluding hydrogens is 240 g/mol. The lowest BCUT2D eigenvalue weighted by atomic mass is 9.85. The van der Waals surface area contributed by atoms with Gasteiger partial charge in [-0.1, -0.05) is 13.8 Å². The molecule has 104 valence electrons. The van der Waals surface area contributed by atoms with Crippen molar-refractivity contribution in [3.63, 3.8) is 0 Å². The van der Waals surface area contributed by atoms with Crippen LogP contribution in [0, 0.1) is 11.8 Å². The van der Waals surface area contributed by atoms with Crippen LogP contribution in [-0.4, -0.2) is 23.7 Å². The van der Waals surface area contributed by atoms with E-state index in [-0.39, 0.29) is 5.56 Å². The standard InChI is InChI=1S/C15H22N2O2/c1-9-6-10(2)11(3)17(8-9)12-4-5-13(15(18)19)14(16)7-12/h4-5,7,9-11H,6,8,16H2,1-3H3,(H,18,19). The summed E-state index contributed by atoms with van der Waals surface area (Å²) in [5.74, 6) is 0.299. The Morgan fingerprint density at radius 2 is 2.05 bits per heavy atom. The first-order valence-electron chi connectivity index (χ1n) is 6.79. The molecule has 1 aliphatic heterocycles. The van der Waals surface area contributed by atoms with Crippen LogP contribution in [0.25, 0.3) is 0 Å². The molecule has 3 unspecified atom stereocenters. The Morgan fingerprint density at radius 3 is 2.63 bits per heavy atom. The van der Waals surface area contributed by atoms with E-state index in [1.54, 1.807) is 12.1 Å². The number of hydrogen-bond donors (Lipinski definition) is 2. The van der Waals surface area contributed by atoms with Crippen molar-refractivity contribution in [2.45, 2.75) is 33.2 Å². The molecule has 1 aliphatic rings. The van der Waals surface area contributed by atoms with Crippen molar-refractivity contribution in [2.24, 2.45) is 11.8 Å². The number of nitrogens with two attached hydrogens (primary N) is 1. The van der Waals surface area contributed by atoms with Gasteiger partial charge in [0.2, 0.25) is 0 Å². The molecule has 3 N–H and O–H groups in total. The van der Waals surface area contributed by atoms with E-state index in [4.69, 9.17) is 10.8 Å². The van der Waals surface area contributed by atoms with Crippen molar-refractivity contribution in [3.05, 3.63) is 23.8 Å². The van der Waals surface area contributed by atoms with E-state index in [0.29, 0.717) is 23.6 Å². The van der Waals surface area contributed by atoms with Gasteiger partial charge in [0.15, 0.2) is 0 Å². The normalized spacial score (nSPS) is 27.3. The van der Waals surface area contributed by atoms with E-state index in [9.17, 15) is 4.79 Å². The van der Waals surface area contributed by atoms with E-state index in [0.717, 1.165) is 12.2 Å². The first kappa shape index (κ1) is 13.7. The zero-order chi connectivity index (χ0) is 14.2. The number of rotatable bonds is 2. The number of anilines is 2. The van der Waals surface area contributed by atoms with Crippen LogP contribution in [0.15, 0.2) is 18.2 Å². The van der Waals surface area contributed by atoms with Gasteiger partial charge in [0.05, 0.1) is 5.56 Å². The third kappa shape index (κ3) is 2.67. The van der Waals surface area contributed by atoms with Crippen LogP contribution in [0.1, 0.15) is 37.6 Å². The van der Waals surface area contributed by atoms with E-state index >= 15 is 0 Å². The average Bonchev–Trinajstić information content (AvgIpc) is 2.33. The molecule has 4 nitrogen and oxygen atoms in total. The molecule has 1 heterocycles. The first-order valence-corrected chi connectivity index (χ1v) is 6.79. The maximum Gasteiger partial charge on any atom is 0.337 e. The van der Waals surface area contributed by atoms with Crippen LogP contribution in [0.5, 0.6) is 0 Å². The summed E-state index contributed by atoms with van der Waals surface area (Å²) < 4.78 is 0. The quantitative estimate of drug-likeness (QED) is 0.804. The summed E-state index contributed by atoms with van der Waals surface area (Å²) in [5.41, 5.74) is 7.37. The molecule has 0 amide bonds. The van der Waals surface area contributed by atoms with Crippen molar-refractivity contribution in [3.8, 4) is 0 Å². The number of nitrogens with zero attached hydrogens (tertiary/aromatic N) is 1. The minimum absolute atomic E-state index is 0.175. The van der Waals surface area contributed by atoms with Crippen LogP contribution in [0.2, 0.25) is 0 Å². The molecule has 0 saturated carbocycles. The summed E-state index contributed by atoms with van der Waals surface area (Å²) in [7, 11) is 0. The zero-order valence-electron chi connectivity index (χ0n) is 11.8. The van der Waals surface area contributed by atoms with E-state index in [1.807, 2.05) is 6.07 Å². The summed E-state index contributed by atoms with van der Waals surface area (Å²) in [6, 6.07) is 5.70. The van der Waals surface area contributed by atoms with Gasteiger partial charge in [-0.15, -0.1) is 0 Å². The predicted molar refractivity (Wildman–Crippen MR) is 77.6 cm³/mol. The predicted octanol–water partition coefficient (Wildman–Crippen LogP) is 2.84. The number of nitrogen functional groups attached to an aromatic ring is 1. The third-order valence-electron chi connectivity index (χ3n) is 4.19. The van der Waals surface area contributed by atoms with Crippen molar-refractivity contribution >= 4 is 17.3 Å². The SMILES string of the molecule is CC1CC(C)C(C)N(c2ccc(C(=O)O)c(N)c2)C1. The maximum atomic E-state index is 11.0. The van der Waals surface area contributed by atoms with E-state index in [2.05, 4.69) is 25.7 Å². The number of piperidine rings is 1. The summed E-state index contributed by atoms with van der Waals surface area (Å²) in [4.78, 5) is 13.3. The minimum atomic E-state index is -0.975. The second-order valence-corrected chi connectivity index (χ2v) is 5.79. The highest BCUT2D eigenvalue weighted by Crippen LogP contribution is 2.32. The van der Waals surface area contributed by atoms with Crippen LogP contribution in [0.4, 0.5) is 11.4 Å². The van der Waals surface area contributed by atoms with Crippen molar-refractivity contribution in [2.75, 3.05) is 17.2 Å². The summed E-state index contributed by atoms with van der Waals surface area (Å²) >= 11 is 0. The fraction of sp³-hybridized carbons (Fsp3) is 0.533. The highest BCUT2D eigenvalue weighted by Gasteiger charge is 2.29. The van der Waals surface area contributed by atoms with Gasteiger partial charge >= 0.3 is 5.97 Å². The summed E-state index contributed by atoms with van der Waals surface area (Å²) in [6.07, 6.45) is 1.24. The van der Waals surface area contributed by atoms with Crippen LogP contribution < -0.4 is 10.6 Å². The number of carboxylic acids is 1. The van der Waals surface area contributed by atoms with Gasteiger partial charge in [0.25, 0.3) is 0 Å². The van der Waals surface area contributed by atoms with E-state index < -0.39 is 5.97 Å². The number of hydrogen-bond acceptors (Lipinski definition) is 3. The molecule has 2 rings (SSSR count). The molecule has 19 heavy (non-hydrogen) atoms. The number of carboxylic acid groups (broad SMARTS) is 1. The van der Waals surface area contributed by atoms with Gasteiger partial charge in [-0.25, -0.2) is 4.79 Å². The van der Waals surface area contributed by atoms with Crippen LogP contribution >= 0.6 is 0 Å². The Kier molecular flexibility index (Phi) is 3.69. The summed E-state index contributed by atoms with van der Waals surface area (Å²) in [5, 5.41) is 9.01. The van der Waals surface area contributed by atoms with Gasteiger partial charge in [-0.2, -0.15) is 0 Å². The molecule has 3 atom stereocenters. The fourth-order valence-electron chi connectivity index (χ4n) is 2.98. The lowest BCUT2D eigenvalue weighted by Gasteiger charge is -2.42. The van der Waals surface area contributed by atoms with Gasteiger partial charge in [-0.05, 0) is 43.4 Å². The van der Waals surface area contributed by atoms with E-state index in [1.165, 1.54) is 6.42 Å². The lowest BCUT2D eigenvalue weighted by Crippen LogP contribution is -2.45.